The summed E-state index contributed by atoms with van der Waals surface area (Å²) in [5, 5.41) is 3.20. The van der Waals surface area contributed by atoms with Crippen molar-refractivity contribution in [1.29, 1.82) is 0 Å². The van der Waals surface area contributed by atoms with Gasteiger partial charge in [-0.2, -0.15) is 0 Å². The van der Waals surface area contributed by atoms with Gasteiger partial charge in [0.25, 0.3) is 0 Å². The first-order valence-electron chi connectivity index (χ1n) is 7.86. The normalized spacial score (nSPS) is 11.2. The molecule has 0 radical (unpaired) electrons. The molecule has 0 spiro atoms. The molecule has 25 heavy (non-hydrogen) atoms. The predicted molar refractivity (Wildman–Crippen MR) is 103 cm³/mol. The van der Waals surface area contributed by atoms with Gasteiger partial charge in [-0.1, -0.05) is 41.4 Å². The van der Waals surface area contributed by atoms with Crippen molar-refractivity contribution < 1.29 is 13.2 Å². The Morgan fingerprint density at radius 1 is 1.12 bits per heavy atom. The number of nitrogens with zero attached hydrogens (tertiary/aromatic N) is 1. The number of hydrogen-bond acceptors (Lipinski definition) is 3. The van der Waals surface area contributed by atoms with E-state index in [9.17, 15) is 13.2 Å². The highest BCUT2D eigenvalue weighted by molar-refractivity contribution is 7.92. The van der Waals surface area contributed by atoms with E-state index in [-0.39, 0.29) is 18.9 Å². The van der Waals surface area contributed by atoms with Crippen LogP contribution in [0, 0.1) is 6.92 Å². The van der Waals surface area contributed by atoms with Gasteiger partial charge in [-0.3, -0.25) is 9.10 Å². The number of carbonyl (C=O) groups is 1. The number of benzene rings is 2. The predicted octanol–water partition coefficient (Wildman–Crippen LogP) is 3.83. The zero-order valence-electron chi connectivity index (χ0n) is 14.2. The largest absolute Gasteiger partial charge is 0.325 e. The lowest BCUT2D eigenvalue weighted by Crippen LogP contribution is -2.31. The second-order valence-electron chi connectivity index (χ2n) is 5.80. The minimum absolute atomic E-state index is 0.198. The van der Waals surface area contributed by atoms with Gasteiger partial charge in [-0.15, -0.1) is 0 Å². The maximum Gasteiger partial charge on any atom is 0.232 e. The zero-order valence-corrected chi connectivity index (χ0v) is 15.8. The fraction of sp³-hybridized carbons (Fsp3) is 0.278. The van der Waals surface area contributed by atoms with Gasteiger partial charge in [0.2, 0.25) is 15.9 Å². The van der Waals surface area contributed by atoms with Crippen molar-refractivity contribution in [2.75, 3.05) is 22.4 Å². The molecule has 5 nitrogen and oxygen atoms in total. The monoisotopic (exact) mass is 380 g/mol. The number of sulfonamides is 1. The molecule has 0 heterocycles. The molecule has 2 aromatic carbocycles. The van der Waals surface area contributed by atoms with Crippen molar-refractivity contribution in [2.24, 2.45) is 0 Å². The average Bonchev–Trinajstić information content (AvgIpc) is 2.54. The van der Waals surface area contributed by atoms with Crippen LogP contribution < -0.4 is 9.62 Å². The van der Waals surface area contributed by atoms with Crippen LogP contribution in [0.25, 0.3) is 0 Å². The van der Waals surface area contributed by atoms with Crippen molar-refractivity contribution >= 4 is 38.9 Å². The van der Waals surface area contributed by atoms with E-state index in [1.54, 1.807) is 36.4 Å². The Hall–Kier alpha value is -2.05. The maximum atomic E-state index is 12.0. The fourth-order valence-corrected chi connectivity index (χ4v) is 3.50. The number of para-hydroxylation sites is 1. The van der Waals surface area contributed by atoms with E-state index in [1.165, 1.54) is 4.31 Å². The summed E-state index contributed by atoms with van der Waals surface area (Å²) in [6, 6.07) is 14.2. The molecule has 0 aliphatic heterocycles. The summed E-state index contributed by atoms with van der Waals surface area (Å²) < 4.78 is 25.4. The summed E-state index contributed by atoms with van der Waals surface area (Å²) in [6.45, 7) is 2.17. The van der Waals surface area contributed by atoms with Crippen LogP contribution in [0.5, 0.6) is 0 Å². The number of nitrogens with one attached hydrogen (secondary N) is 1. The van der Waals surface area contributed by atoms with Crippen molar-refractivity contribution in [3.8, 4) is 0 Å². The topological polar surface area (TPSA) is 66.5 Å². The lowest BCUT2D eigenvalue weighted by molar-refractivity contribution is -0.116. The molecule has 0 saturated heterocycles. The third-order valence-electron chi connectivity index (χ3n) is 3.64. The number of hydrogen-bond donors (Lipinski definition) is 1. The van der Waals surface area contributed by atoms with E-state index in [2.05, 4.69) is 5.32 Å². The lowest BCUT2D eigenvalue weighted by Gasteiger charge is -2.22. The van der Waals surface area contributed by atoms with Gasteiger partial charge >= 0.3 is 0 Å². The molecular weight excluding hydrogens is 360 g/mol. The van der Waals surface area contributed by atoms with Crippen molar-refractivity contribution in [3.63, 3.8) is 0 Å². The van der Waals surface area contributed by atoms with Gasteiger partial charge < -0.3 is 5.32 Å². The van der Waals surface area contributed by atoms with E-state index < -0.39 is 10.0 Å². The van der Waals surface area contributed by atoms with Gasteiger partial charge in [0.05, 0.1) is 22.7 Å². The summed E-state index contributed by atoms with van der Waals surface area (Å²) in [5.41, 5.74) is 2.20. The quantitative estimate of drug-likeness (QED) is 0.793. The Labute approximate surface area is 153 Å². The Morgan fingerprint density at radius 3 is 2.36 bits per heavy atom. The summed E-state index contributed by atoms with van der Waals surface area (Å²) in [6.07, 6.45) is 1.76. The Balaban J connectivity index is 1.96. The molecule has 0 fully saturated rings. The molecule has 134 valence electrons. The molecule has 7 heteroatoms. The van der Waals surface area contributed by atoms with E-state index in [4.69, 9.17) is 11.6 Å². The SMILES string of the molecule is Cc1ccc(N(CCCC(=O)Nc2ccccc2Cl)S(C)(=O)=O)cc1. The van der Waals surface area contributed by atoms with Crippen LogP contribution in [0.3, 0.4) is 0 Å². The summed E-state index contributed by atoms with van der Waals surface area (Å²) in [4.78, 5) is 12.0. The molecule has 0 saturated carbocycles. The van der Waals surface area contributed by atoms with Crippen LogP contribution in [-0.4, -0.2) is 27.1 Å². The lowest BCUT2D eigenvalue weighted by atomic mass is 10.2. The highest BCUT2D eigenvalue weighted by atomic mass is 35.5. The van der Waals surface area contributed by atoms with Gasteiger partial charge in [0.15, 0.2) is 0 Å². The molecule has 0 aliphatic rings. The molecule has 0 atom stereocenters. The Kier molecular flexibility index (Phi) is 6.45. The number of amides is 1. The van der Waals surface area contributed by atoms with Gasteiger partial charge in [0, 0.05) is 13.0 Å². The summed E-state index contributed by atoms with van der Waals surface area (Å²) >= 11 is 6.00. The third kappa shape index (κ3) is 5.76. The van der Waals surface area contributed by atoms with E-state index in [0.29, 0.717) is 22.8 Å². The number of anilines is 2. The molecule has 0 aliphatic carbocycles. The standard InChI is InChI=1S/C18H21ClN2O3S/c1-14-9-11-15(12-10-14)21(25(2,23)24)13-5-8-18(22)20-17-7-4-3-6-16(17)19/h3-4,6-7,9-12H,5,8,13H2,1-2H3,(H,20,22). The van der Waals surface area contributed by atoms with Crippen LogP contribution in [0.4, 0.5) is 11.4 Å². The highest BCUT2D eigenvalue weighted by Crippen LogP contribution is 2.21. The van der Waals surface area contributed by atoms with Crippen LogP contribution in [0.2, 0.25) is 5.02 Å². The van der Waals surface area contributed by atoms with E-state index >= 15 is 0 Å². The van der Waals surface area contributed by atoms with Gasteiger partial charge in [-0.25, -0.2) is 8.42 Å². The number of rotatable bonds is 7. The summed E-state index contributed by atoms with van der Waals surface area (Å²) in [5.74, 6) is -0.203. The molecular formula is C18H21ClN2O3S. The first-order chi connectivity index (χ1) is 11.8. The smallest absolute Gasteiger partial charge is 0.232 e. The minimum Gasteiger partial charge on any atom is -0.325 e. The number of aryl methyl sites for hydroxylation is 1. The molecule has 2 aromatic rings. The summed E-state index contributed by atoms with van der Waals surface area (Å²) in [7, 11) is -3.41. The molecule has 0 unspecified atom stereocenters. The van der Waals surface area contributed by atoms with Crippen LogP contribution in [0.1, 0.15) is 18.4 Å². The number of carbonyl (C=O) groups excluding carboxylic acids is 1. The van der Waals surface area contributed by atoms with Crippen LogP contribution >= 0.6 is 11.6 Å². The minimum atomic E-state index is -3.41. The van der Waals surface area contributed by atoms with E-state index in [0.717, 1.165) is 11.8 Å². The second kappa shape index (κ2) is 8.36. The third-order valence-corrected chi connectivity index (χ3v) is 5.16. The fourth-order valence-electron chi connectivity index (χ4n) is 2.36. The maximum absolute atomic E-state index is 12.0. The first kappa shape index (κ1) is 19.3. The van der Waals surface area contributed by atoms with Crippen molar-refractivity contribution in [3.05, 3.63) is 59.1 Å². The van der Waals surface area contributed by atoms with Gasteiger partial charge in [0.1, 0.15) is 0 Å². The molecule has 1 amide bonds. The molecule has 1 N–H and O–H groups in total. The Morgan fingerprint density at radius 2 is 1.76 bits per heavy atom. The van der Waals surface area contributed by atoms with E-state index in [1.807, 2.05) is 19.1 Å². The molecule has 0 bridgehead atoms. The zero-order chi connectivity index (χ0) is 18.4. The van der Waals surface area contributed by atoms with Crippen LogP contribution in [-0.2, 0) is 14.8 Å². The van der Waals surface area contributed by atoms with Crippen LogP contribution in [0.15, 0.2) is 48.5 Å². The molecule has 0 aromatic heterocycles. The first-order valence-corrected chi connectivity index (χ1v) is 10.1. The average molecular weight is 381 g/mol. The number of halogens is 1. The highest BCUT2D eigenvalue weighted by Gasteiger charge is 2.17. The second-order valence-corrected chi connectivity index (χ2v) is 8.12. The van der Waals surface area contributed by atoms with Gasteiger partial charge in [-0.05, 0) is 37.6 Å². The molecule has 2 rings (SSSR count). The Bertz CT molecular complexity index is 836. The van der Waals surface area contributed by atoms with Crippen molar-refractivity contribution in [1.82, 2.24) is 0 Å². The van der Waals surface area contributed by atoms with Crippen molar-refractivity contribution in [2.45, 2.75) is 19.8 Å².